The SMILES string of the molecule is CC(=O)CSc1ccccc1Cl. The first kappa shape index (κ1) is 9.62. The van der Waals surface area contributed by atoms with Crippen molar-refractivity contribution in [2.75, 3.05) is 5.75 Å². The molecule has 1 rings (SSSR count). The van der Waals surface area contributed by atoms with Crippen LogP contribution in [0.4, 0.5) is 0 Å². The van der Waals surface area contributed by atoms with Crippen molar-refractivity contribution in [3.8, 4) is 0 Å². The molecule has 0 aliphatic rings. The molecule has 0 unspecified atom stereocenters. The second-order valence-corrected chi connectivity index (χ2v) is 3.85. The Hall–Kier alpha value is -0.470. The maximum Gasteiger partial charge on any atom is 0.140 e. The van der Waals surface area contributed by atoms with Crippen molar-refractivity contribution in [3.05, 3.63) is 29.3 Å². The van der Waals surface area contributed by atoms with Crippen molar-refractivity contribution in [3.63, 3.8) is 0 Å². The Labute approximate surface area is 81.1 Å². The minimum Gasteiger partial charge on any atom is -0.299 e. The number of Topliss-reactive ketones (excluding diaryl/α,β-unsaturated/α-hetero) is 1. The lowest BCUT2D eigenvalue weighted by molar-refractivity contribution is -0.114. The van der Waals surface area contributed by atoms with Gasteiger partial charge in [-0.15, -0.1) is 11.8 Å². The highest BCUT2D eigenvalue weighted by atomic mass is 35.5. The topological polar surface area (TPSA) is 17.1 Å². The molecule has 0 bridgehead atoms. The van der Waals surface area contributed by atoms with Gasteiger partial charge in [0.1, 0.15) is 5.78 Å². The molecule has 0 aliphatic carbocycles. The van der Waals surface area contributed by atoms with E-state index in [0.717, 1.165) is 4.90 Å². The third kappa shape index (κ3) is 2.88. The molecule has 1 nitrogen and oxygen atoms in total. The van der Waals surface area contributed by atoms with Gasteiger partial charge in [0.2, 0.25) is 0 Å². The first-order valence-corrected chi connectivity index (χ1v) is 4.93. The summed E-state index contributed by atoms with van der Waals surface area (Å²) in [5, 5.41) is 0.712. The van der Waals surface area contributed by atoms with Crippen molar-refractivity contribution < 1.29 is 4.79 Å². The molecule has 0 saturated carbocycles. The minimum absolute atomic E-state index is 0.167. The summed E-state index contributed by atoms with van der Waals surface area (Å²) in [5.41, 5.74) is 0. The highest BCUT2D eigenvalue weighted by molar-refractivity contribution is 8.00. The number of rotatable bonds is 3. The van der Waals surface area contributed by atoms with Crippen LogP contribution >= 0.6 is 23.4 Å². The van der Waals surface area contributed by atoms with E-state index < -0.39 is 0 Å². The van der Waals surface area contributed by atoms with Gasteiger partial charge in [-0.1, -0.05) is 23.7 Å². The molecule has 0 atom stereocenters. The monoisotopic (exact) mass is 200 g/mol. The zero-order chi connectivity index (χ0) is 8.97. The zero-order valence-corrected chi connectivity index (χ0v) is 8.28. The number of carbonyl (C=O) groups excluding carboxylic acids is 1. The number of thioether (sulfide) groups is 1. The molecular weight excluding hydrogens is 192 g/mol. The number of hydrogen-bond acceptors (Lipinski definition) is 2. The summed E-state index contributed by atoms with van der Waals surface area (Å²) in [7, 11) is 0. The summed E-state index contributed by atoms with van der Waals surface area (Å²) in [4.78, 5) is 11.6. The van der Waals surface area contributed by atoms with Gasteiger partial charge in [0, 0.05) is 4.90 Å². The van der Waals surface area contributed by atoms with Gasteiger partial charge in [-0.2, -0.15) is 0 Å². The number of halogens is 1. The summed E-state index contributed by atoms with van der Waals surface area (Å²) in [6, 6.07) is 7.52. The summed E-state index contributed by atoms with van der Waals surface area (Å²) < 4.78 is 0. The molecule has 0 aromatic heterocycles. The molecule has 0 fully saturated rings. The van der Waals surface area contributed by atoms with Crippen LogP contribution in [0, 0.1) is 0 Å². The summed E-state index contributed by atoms with van der Waals surface area (Å²) >= 11 is 7.35. The fourth-order valence-electron chi connectivity index (χ4n) is 0.741. The van der Waals surface area contributed by atoms with Gasteiger partial charge < -0.3 is 0 Å². The van der Waals surface area contributed by atoms with Gasteiger partial charge in [-0.05, 0) is 19.1 Å². The van der Waals surface area contributed by atoms with E-state index in [2.05, 4.69) is 0 Å². The number of benzene rings is 1. The second-order valence-electron chi connectivity index (χ2n) is 2.42. The average Bonchev–Trinajstić information content (AvgIpc) is 2.03. The Bertz CT molecular complexity index is 286. The van der Waals surface area contributed by atoms with E-state index in [0.29, 0.717) is 10.8 Å². The fraction of sp³-hybridized carbons (Fsp3) is 0.222. The van der Waals surface area contributed by atoms with Crippen molar-refractivity contribution in [1.82, 2.24) is 0 Å². The van der Waals surface area contributed by atoms with Crippen LogP contribution in [0.1, 0.15) is 6.92 Å². The first-order valence-electron chi connectivity index (χ1n) is 3.57. The molecule has 0 aliphatic heterocycles. The molecular formula is C9H9ClOS. The predicted molar refractivity (Wildman–Crippen MR) is 52.9 cm³/mol. The molecule has 0 spiro atoms. The first-order chi connectivity index (χ1) is 5.70. The highest BCUT2D eigenvalue weighted by Crippen LogP contribution is 2.26. The number of carbonyl (C=O) groups is 1. The Balaban J connectivity index is 2.63. The van der Waals surface area contributed by atoms with Crippen LogP contribution in [0.15, 0.2) is 29.2 Å². The van der Waals surface area contributed by atoms with E-state index in [1.807, 2.05) is 24.3 Å². The Morgan fingerprint density at radius 1 is 1.50 bits per heavy atom. The smallest absolute Gasteiger partial charge is 0.140 e. The van der Waals surface area contributed by atoms with Crippen LogP contribution in [0.3, 0.4) is 0 Å². The van der Waals surface area contributed by atoms with Gasteiger partial charge >= 0.3 is 0 Å². The van der Waals surface area contributed by atoms with Crippen molar-refractivity contribution >= 4 is 29.1 Å². The maximum absolute atomic E-state index is 10.7. The predicted octanol–water partition coefficient (Wildman–Crippen LogP) is 3.02. The van der Waals surface area contributed by atoms with Crippen LogP contribution in [0.25, 0.3) is 0 Å². The van der Waals surface area contributed by atoms with Gasteiger partial charge in [0.15, 0.2) is 0 Å². The van der Waals surface area contributed by atoms with E-state index in [1.54, 1.807) is 6.92 Å². The van der Waals surface area contributed by atoms with Gasteiger partial charge in [0.25, 0.3) is 0 Å². The number of hydrogen-bond donors (Lipinski definition) is 0. The van der Waals surface area contributed by atoms with E-state index in [1.165, 1.54) is 11.8 Å². The standard InChI is InChI=1S/C9H9ClOS/c1-7(11)6-12-9-5-3-2-4-8(9)10/h2-5H,6H2,1H3. The van der Waals surface area contributed by atoms with Gasteiger partial charge in [0.05, 0.1) is 10.8 Å². The molecule has 0 N–H and O–H groups in total. The normalized spacial score (nSPS) is 9.83. The summed E-state index contributed by atoms with van der Waals surface area (Å²) in [6.07, 6.45) is 0. The Morgan fingerprint density at radius 2 is 2.17 bits per heavy atom. The Kier molecular flexibility index (Phi) is 3.63. The molecule has 0 radical (unpaired) electrons. The number of ketones is 1. The average molecular weight is 201 g/mol. The summed E-state index contributed by atoms with van der Waals surface area (Å²) in [6.45, 7) is 1.57. The lowest BCUT2D eigenvalue weighted by Gasteiger charge is -2.00. The molecule has 64 valence electrons. The van der Waals surface area contributed by atoms with Crippen LogP contribution in [0.5, 0.6) is 0 Å². The van der Waals surface area contributed by atoms with Crippen molar-refractivity contribution in [2.24, 2.45) is 0 Å². The molecule has 0 amide bonds. The maximum atomic E-state index is 10.7. The molecule has 0 saturated heterocycles. The van der Waals surface area contributed by atoms with E-state index in [-0.39, 0.29) is 5.78 Å². The molecule has 0 heterocycles. The minimum atomic E-state index is 0.167. The van der Waals surface area contributed by atoms with Crippen LogP contribution in [-0.4, -0.2) is 11.5 Å². The third-order valence-corrected chi connectivity index (χ3v) is 2.93. The van der Waals surface area contributed by atoms with Crippen LogP contribution in [-0.2, 0) is 4.79 Å². The van der Waals surface area contributed by atoms with Crippen LogP contribution < -0.4 is 0 Å². The quantitative estimate of drug-likeness (QED) is 0.698. The van der Waals surface area contributed by atoms with E-state index in [9.17, 15) is 4.79 Å². The van der Waals surface area contributed by atoms with Crippen molar-refractivity contribution in [2.45, 2.75) is 11.8 Å². The fourth-order valence-corrected chi connectivity index (χ4v) is 1.78. The molecule has 1 aromatic carbocycles. The second kappa shape index (κ2) is 4.53. The van der Waals surface area contributed by atoms with Crippen LogP contribution in [0.2, 0.25) is 5.02 Å². The molecule has 12 heavy (non-hydrogen) atoms. The lowest BCUT2D eigenvalue weighted by Crippen LogP contribution is -1.92. The van der Waals surface area contributed by atoms with E-state index in [4.69, 9.17) is 11.6 Å². The van der Waals surface area contributed by atoms with Gasteiger partial charge in [-0.25, -0.2) is 0 Å². The van der Waals surface area contributed by atoms with E-state index >= 15 is 0 Å². The van der Waals surface area contributed by atoms with Crippen molar-refractivity contribution in [1.29, 1.82) is 0 Å². The zero-order valence-electron chi connectivity index (χ0n) is 6.71. The van der Waals surface area contributed by atoms with Gasteiger partial charge in [-0.3, -0.25) is 4.79 Å². The Morgan fingerprint density at radius 3 is 2.75 bits per heavy atom. The molecule has 3 heteroatoms. The highest BCUT2D eigenvalue weighted by Gasteiger charge is 2.00. The largest absolute Gasteiger partial charge is 0.299 e. The lowest BCUT2D eigenvalue weighted by atomic mass is 10.4. The third-order valence-electron chi connectivity index (χ3n) is 1.27. The molecule has 1 aromatic rings. The summed E-state index contributed by atoms with van der Waals surface area (Å²) in [5.74, 6) is 0.656.